The van der Waals surface area contributed by atoms with Crippen molar-refractivity contribution in [3.8, 4) is 0 Å². The molecule has 26 heavy (non-hydrogen) atoms. The molecule has 2 aromatic carbocycles. The fourth-order valence-electron chi connectivity index (χ4n) is 2.14. The van der Waals surface area contributed by atoms with Crippen LogP contribution in [0, 0.1) is 0 Å². The van der Waals surface area contributed by atoms with Gasteiger partial charge in [0.2, 0.25) is 0 Å². The van der Waals surface area contributed by atoms with Crippen molar-refractivity contribution in [3.63, 3.8) is 0 Å². The summed E-state index contributed by atoms with van der Waals surface area (Å²) in [7, 11) is 0. The van der Waals surface area contributed by atoms with E-state index >= 15 is 0 Å². The van der Waals surface area contributed by atoms with E-state index in [0.29, 0.717) is 34.8 Å². The van der Waals surface area contributed by atoms with Crippen molar-refractivity contribution >= 4 is 46.4 Å². The lowest BCUT2D eigenvalue weighted by Crippen LogP contribution is -2.35. The van der Waals surface area contributed by atoms with Crippen LogP contribution in [0.25, 0.3) is 0 Å². The van der Waals surface area contributed by atoms with Crippen molar-refractivity contribution < 1.29 is 14.7 Å². The lowest BCUT2D eigenvalue weighted by Gasteiger charge is -2.14. The Hall–Kier alpha value is -2.48. The fourth-order valence-corrected chi connectivity index (χ4v) is 2.56. The summed E-state index contributed by atoms with van der Waals surface area (Å²) in [6.07, 6.45) is 0.466. The first-order chi connectivity index (χ1) is 12.5. The van der Waals surface area contributed by atoms with E-state index in [1.54, 1.807) is 48.5 Å². The smallest absolute Gasteiger partial charge is 0.258 e. The highest BCUT2D eigenvalue weighted by Gasteiger charge is 2.14. The molecular formula is C18H18ClN3O3S. The number of aliphatic hydroxyl groups is 1. The van der Waals surface area contributed by atoms with E-state index in [1.807, 2.05) is 0 Å². The molecule has 4 N–H and O–H groups in total. The molecule has 0 bridgehead atoms. The SMILES string of the molecule is O=C(NC(=S)Nc1ccccc1C(=O)NCCCO)c1ccccc1Cl. The summed E-state index contributed by atoms with van der Waals surface area (Å²) in [6, 6.07) is 13.4. The zero-order valence-corrected chi connectivity index (χ0v) is 15.4. The number of halogens is 1. The van der Waals surface area contributed by atoms with Gasteiger partial charge in [-0.25, -0.2) is 0 Å². The number of para-hydroxylation sites is 1. The first-order valence-electron chi connectivity index (χ1n) is 7.88. The van der Waals surface area contributed by atoms with E-state index in [1.165, 1.54) is 0 Å². The molecule has 0 fully saturated rings. The van der Waals surface area contributed by atoms with Crippen molar-refractivity contribution in [1.29, 1.82) is 0 Å². The highest BCUT2D eigenvalue weighted by Crippen LogP contribution is 2.16. The van der Waals surface area contributed by atoms with Gasteiger partial charge in [0.05, 0.1) is 21.8 Å². The second kappa shape index (κ2) is 9.86. The molecule has 0 radical (unpaired) electrons. The highest BCUT2D eigenvalue weighted by molar-refractivity contribution is 7.80. The zero-order chi connectivity index (χ0) is 18.9. The minimum atomic E-state index is -0.446. The second-order valence-electron chi connectivity index (χ2n) is 5.27. The lowest BCUT2D eigenvalue weighted by atomic mass is 10.1. The molecule has 8 heteroatoms. The molecule has 0 aliphatic carbocycles. The van der Waals surface area contributed by atoms with E-state index in [2.05, 4.69) is 16.0 Å². The lowest BCUT2D eigenvalue weighted by molar-refractivity contribution is 0.0950. The van der Waals surface area contributed by atoms with Crippen LogP contribution in [-0.4, -0.2) is 35.2 Å². The topological polar surface area (TPSA) is 90.5 Å². The number of rotatable bonds is 6. The van der Waals surface area contributed by atoms with Crippen LogP contribution in [0.4, 0.5) is 5.69 Å². The van der Waals surface area contributed by atoms with Gasteiger partial charge in [0.25, 0.3) is 11.8 Å². The first kappa shape index (κ1) is 19.8. The van der Waals surface area contributed by atoms with Gasteiger partial charge in [-0.2, -0.15) is 0 Å². The number of hydrogen-bond acceptors (Lipinski definition) is 4. The summed E-state index contributed by atoms with van der Waals surface area (Å²) >= 11 is 11.2. The third-order valence-corrected chi connectivity index (χ3v) is 3.92. The van der Waals surface area contributed by atoms with Gasteiger partial charge in [0, 0.05) is 13.2 Å². The average molecular weight is 392 g/mol. The second-order valence-corrected chi connectivity index (χ2v) is 6.08. The van der Waals surface area contributed by atoms with E-state index in [9.17, 15) is 9.59 Å². The normalized spacial score (nSPS) is 10.1. The summed E-state index contributed by atoms with van der Waals surface area (Å²) in [5.74, 6) is -0.750. The molecule has 0 heterocycles. The summed E-state index contributed by atoms with van der Waals surface area (Å²) in [4.78, 5) is 24.5. The van der Waals surface area contributed by atoms with Gasteiger partial charge in [-0.3, -0.25) is 14.9 Å². The predicted molar refractivity (Wildman–Crippen MR) is 106 cm³/mol. The number of nitrogens with one attached hydrogen (secondary N) is 3. The molecule has 0 aliphatic rings. The number of carbonyl (C=O) groups is 2. The Balaban J connectivity index is 2.04. The van der Waals surface area contributed by atoms with Crippen molar-refractivity contribution in [2.75, 3.05) is 18.5 Å². The molecule has 0 spiro atoms. The van der Waals surface area contributed by atoms with Crippen molar-refractivity contribution in [2.24, 2.45) is 0 Å². The highest BCUT2D eigenvalue weighted by atomic mass is 35.5. The van der Waals surface area contributed by atoms with E-state index in [-0.39, 0.29) is 17.6 Å². The Kier molecular flexibility index (Phi) is 7.53. The standard InChI is InChI=1S/C18H18ClN3O3S/c19-14-8-3-1-6-12(14)17(25)22-18(26)21-15-9-4-2-7-13(15)16(24)20-10-5-11-23/h1-4,6-9,23H,5,10-11H2,(H,20,24)(H2,21,22,25,26). The molecule has 136 valence electrons. The Morgan fingerprint density at radius 3 is 2.35 bits per heavy atom. The van der Waals surface area contributed by atoms with Crippen LogP contribution in [0.3, 0.4) is 0 Å². The van der Waals surface area contributed by atoms with Gasteiger partial charge in [-0.1, -0.05) is 35.9 Å². The molecule has 2 rings (SSSR count). The van der Waals surface area contributed by atoms with Crippen LogP contribution in [-0.2, 0) is 0 Å². The summed E-state index contributed by atoms with van der Waals surface area (Å²) in [5, 5.41) is 17.2. The van der Waals surface area contributed by atoms with Crippen LogP contribution < -0.4 is 16.0 Å². The van der Waals surface area contributed by atoms with Crippen molar-refractivity contribution in [1.82, 2.24) is 10.6 Å². The van der Waals surface area contributed by atoms with Crippen LogP contribution in [0.2, 0.25) is 5.02 Å². The number of amides is 2. The van der Waals surface area contributed by atoms with E-state index < -0.39 is 5.91 Å². The zero-order valence-electron chi connectivity index (χ0n) is 13.8. The maximum Gasteiger partial charge on any atom is 0.258 e. The average Bonchev–Trinajstić information content (AvgIpc) is 2.62. The summed E-state index contributed by atoms with van der Waals surface area (Å²) in [6.45, 7) is 0.357. The molecule has 0 aliphatic heterocycles. The quantitative estimate of drug-likeness (QED) is 0.449. The molecule has 0 atom stereocenters. The number of anilines is 1. The molecule has 2 amide bonds. The Morgan fingerprint density at radius 2 is 1.65 bits per heavy atom. The Bertz CT molecular complexity index is 814. The van der Waals surface area contributed by atoms with Gasteiger partial charge in [-0.15, -0.1) is 0 Å². The van der Waals surface area contributed by atoms with E-state index in [0.717, 1.165) is 0 Å². The molecule has 0 unspecified atom stereocenters. The number of thiocarbonyl (C=S) groups is 1. The van der Waals surface area contributed by atoms with Gasteiger partial charge in [0.1, 0.15) is 0 Å². The Labute approximate surface area is 161 Å². The third kappa shape index (κ3) is 5.52. The Morgan fingerprint density at radius 1 is 1.00 bits per heavy atom. The predicted octanol–water partition coefficient (Wildman–Crippen LogP) is 2.58. The maximum absolute atomic E-state index is 12.2. The number of aliphatic hydroxyl groups excluding tert-OH is 1. The van der Waals surface area contributed by atoms with Gasteiger partial charge in [0.15, 0.2) is 5.11 Å². The molecule has 2 aromatic rings. The van der Waals surface area contributed by atoms with Crippen LogP contribution in [0.5, 0.6) is 0 Å². The molecule has 6 nitrogen and oxygen atoms in total. The van der Waals surface area contributed by atoms with E-state index in [4.69, 9.17) is 28.9 Å². The molecule has 0 saturated heterocycles. The number of benzene rings is 2. The minimum Gasteiger partial charge on any atom is -0.396 e. The van der Waals surface area contributed by atoms with Crippen LogP contribution in [0.15, 0.2) is 48.5 Å². The van der Waals surface area contributed by atoms with Gasteiger partial charge in [-0.05, 0) is 42.9 Å². The summed E-state index contributed by atoms with van der Waals surface area (Å²) in [5.41, 5.74) is 1.13. The molecule has 0 saturated carbocycles. The fraction of sp³-hybridized carbons (Fsp3) is 0.167. The van der Waals surface area contributed by atoms with Crippen molar-refractivity contribution in [2.45, 2.75) is 6.42 Å². The number of hydrogen-bond donors (Lipinski definition) is 4. The van der Waals surface area contributed by atoms with Gasteiger partial charge < -0.3 is 15.7 Å². The van der Waals surface area contributed by atoms with Crippen LogP contribution >= 0.6 is 23.8 Å². The molecular weight excluding hydrogens is 374 g/mol. The maximum atomic E-state index is 12.2. The first-order valence-corrected chi connectivity index (χ1v) is 8.66. The largest absolute Gasteiger partial charge is 0.396 e. The monoisotopic (exact) mass is 391 g/mol. The van der Waals surface area contributed by atoms with Crippen molar-refractivity contribution in [3.05, 3.63) is 64.7 Å². The minimum absolute atomic E-state index is 0.00165. The van der Waals surface area contributed by atoms with Gasteiger partial charge >= 0.3 is 0 Å². The van der Waals surface area contributed by atoms with Crippen LogP contribution in [0.1, 0.15) is 27.1 Å². The summed E-state index contributed by atoms with van der Waals surface area (Å²) < 4.78 is 0. The molecule has 0 aromatic heterocycles. The number of carbonyl (C=O) groups excluding carboxylic acids is 2. The third-order valence-electron chi connectivity index (χ3n) is 3.39.